The van der Waals surface area contributed by atoms with Crippen LogP contribution >= 0.6 is 0 Å². The van der Waals surface area contributed by atoms with Crippen LogP contribution in [0.3, 0.4) is 0 Å². The molecule has 0 atom stereocenters. The van der Waals surface area contributed by atoms with Crippen molar-refractivity contribution in [3.05, 3.63) is 23.8 Å². The average Bonchev–Trinajstić information content (AvgIpc) is 2.61. The Hall–Kier alpha value is -2.24. The normalized spacial score (nSPS) is 10.2. The van der Waals surface area contributed by atoms with Gasteiger partial charge in [-0.1, -0.05) is 19.4 Å². The van der Waals surface area contributed by atoms with Gasteiger partial charge in [0, 0.05) is 20.0 Å². The molecule has 0 bridgehead atoms. The number of methoxy groups -OCH3 is 2. The van der Waals surface area contributed by atoms with Gasteiger partial charge in [0.1, 0.15) is 0 Å². The van der Waals surface area contributed by atoms with Crippen molar-refractivity contribution in [3.8, 4) is 11.5 Å². The maximum atomic E-state index is 11.9. The second-order valence-electron chi connectivity index (χ2n) is 5.63. The smallest absolute Gasteiger partial charge is 0.241 e. The monoisotopic (exact) mass is 336 g/mol. The highest BCUT2D eigenvalue weighted by atomic mass is 16.5. The van der Waals surface area contributed by atoms with Crippen LogP contribution in [0.15, 0.2) is 18.2 Å². The first-order valence-electron chi connectivity index (χ1n) is 8.23. The van der Waals surface area contributed by atoms with Gasteiger partial charge in [-0.15, -0.1) is 0 Å². The standard InChI is InChI=1S/C18H28N2O4/c1-5-6-11-20(2)18(22)13-19-17(21)10-8-14-7-9-15(23-3)16(12-14)24-4/h7,9,12H,5-6,8,10-11,13H2,1-4H3,(H,19,21). The fourth-order valence-electron chi connectivity index (χ4n) is 2.21. The van der Waals surface area contributed by atoms with Gasteiger partial charge in [0.25, 0.3) is 0 Å². The van der Waals surface area contributed by atoms with E-state index in [4.69, 9.17) is 9.47 Å². The number of hydrogen-bond donors (Lipinski definition) is 1. The van der Waals surface area contributed by atoms with Gasteiger partial charge in [-0.2, -0.15) is 0 Å². The van der Waals surface area contributed by atoms with Crippen LogP contribution in [0.4, 0.5) is 0 Å². The Morgan fingerprint density at radius 2 is 1.88 bits per heavy atom. The minimum atomic E-state index is -0.137. The lowest BCUT2D eigenvalue weighted by Gasteiger charge is -2.17. The summed E-state index contributed by atoms with van der Waals surface area (Å²) in [6, 6.07) is 5.58. The number of rotatable bonds is 10. The van der Waals surface area contributed by atoms with Crippen LogP contribution in [0, 0.1) is 0 Å². The van der Waals surface area contributed by atoms with E-state index in [1.807, 2.05) is 18.2 Å². The van der Waals surface area contributed by atoms with Crippen molar-refractivity contribution < 1.29 is 19.1 Å². The molecule has 0 unspecified atom stereocenters. The molecule has 0 aliphatic heterocycles. The van der Waals surface area contributed by atoms with Crippen LogP contribution in [0.1, 0.15) is 31.7 Å². The predicted molar refractivity (Wildman–Crippen MR) is 93.4 cm³/mol. The number of nitrogens with one attached hydrogen (secondary N) is 1. The number of hydrogen-bond acceptors (Lipinski definition) is 4. The molecule has 6 nitrogen and oxygen atoms in total. The van der Waals surface area contributed by atoms with Crippen LogP contribution in [0.2, 0.25) is 0 Å². The number of unbranched alkanes of at least 4 members (excludes halogenated alkanes) is 1. The molecule has 0 fully saturated rings. The number of aryl methyl sites for hydroxylation is 1. The fourth-order valence-corrected chi connectivity index (χ4v) is 2.21. The number of carbonyl (C=O) groups is 2. The summed E-state index contributed by atoms with van der Waals surface area (Å²) in [6.45, 7) is 2.84. The minimum absolute atomic E-state index is 0.0466. The van der Waals surface area contributed by atoms with Crippen LogP contribution in [-0.2, 0) is 16.0 Å². The minimum Gasteiger partial charge on any atom is -0.493 e. The van der Waals surface area contributed by atoms with Crippen molar-refractivity contribution in [3.63, 3.8) is 0 Å². The third kappa shape index (κ3) is 6.48. The van der Waals surface area contributed by atoms with Crippen molar-refractivity contribution in [2.45, 2.75) is 32.6 Å². The molecule has 1 aromatic carbocycles. The second kappa shape index (κ2) is 10.5. The molecule has 24 heavy (non-hydrogen) atoms. The first kappa shape index (κ1) is 19.8. The molecule has 6 heteroatoms. The molecular formula is C18H28N2O4. The van der Waals surface area contributed by atoms with E-state index in [1.54, 1.807) is 26.2 Å². The van der Waals surface area contributed by atoms with E-state index < -0.39 is 0 Å². The van der Waals surface area contributed by atoms with Gasteiger partial charge in [-0.25, -0.2) is 0 Å². The summed E-state index contributed by atoms with van der Waals surface area (Å²) in [6.07, 6.45) is 2.90. The number of amides is 2. The number of likely N-dealkylation sites (N-methyl/N-ethyl adjacent to an activating group) is 1. The molecular weight excluding hydrogens is 308 g/mol. The highest BCUT2D eigenvalue weighted by Gasteiger charge is 2.11. The summed E-state index contributed by atoms with van der Waals surface area (Å²) in [5, 5.41) is 2.68. The van der Waals surface area contributed by atoms with Crippen molar-refractivity contribution in [1.82, 2.24) is 10.2 Å². The number of ether oxygens (including phenoxy) is 2. The Bertz CT molecular complexity index is 546. The first-order valence-corrected chi connectivity index (χ1v) is 8.23. The van der Waals surface area contributed by atoms with Crippen LogP contribution in [0.25, 0.3) is 0 Å². The highest BCUT2D eigenvalue weighted by Crippen LogP contribution is 2.27. The van der Waals surface area contributed by atoms with E-state index in [0.717, 1.165) is 24.9 Å². The molecule has 0 aromatic heterocycles. The zero-order chi connectivity index (χ0) is 17.9. The third-order valence-corrected chi connectivity index (χ3v) is 3.80. The molecule has 0 spiro atoms. The zero-order valence-electron chi connectivity index (χ0n) is 15.1. The first-order chi connectivity index (χ1) is 11.5. The van der Waals surface area contributed by atoms with Crippen molar-refractivity contribution in [2.24, 2.45) is 0 Å². The van der Waals surface area contributed by atoms with E-state index in [9.17, 15) is 9.59 Å². The topological polar surface area (TPSA) is 67.9 Å². The maximum absolute atomic E-state index is 11.9. The molecule has 0 heterocycles. The summed E-state index contributed by atoms with van der Waals surface area (Å²) in [4.78, 5) is 25.4. The molecule has 0 saturated carbocycles. The average molecular weight is 336 g/mol. The molecule has 0 aliphatic carbocycles. The summed E-state index contributed by atoms with van der Waals surface area (Å²) in [5.74, 6) is 1.10. The highest BCUT2D eigenvalue weighted by molar-refractivity contribution is 5.84. The van der Waals surface area contributed by atoms with Gasteiger partial charge in [0.15, 0.2) is 11.5 Å². The van der Waals surface area contributed by atoms with Gasteiger partial charge in [0.2, 0.25) is 11.8 Å². The SMILES string of the molecule is CCCCN(C)C(=O)CNC(=O)CCc1ccc(OC)c(OC)c1. The van der Waals surface area contributed by atoms with Gasteiger partial charge in [-0.3, -0.25) is 9.59 Å². The predicted octanol–water partition coefficient (Wildman–Crippen LogP) is 2.01. The Labute approximate surface area is 144 Å². The zero-order valence-corrected chi connectivity index (χ0v) is 15.1. The van der Waals surface area contributed by atoms with Crippen molar-refractivity contribution >= 4 is 11.8 Å². The summed E-state index contributed by atoms with van der Waals surface area (Å²) < 4.78 is 10.4. The summed E-state index contributed by atoms with van der Waals surface area (Å²) >= 11 is 0. The molecule has 134 valence electrons. The van der Waals surface area contributed by atoms with Crippen molar-refractivity contribution in [2.75, 3.05) is 34.4 Å². The van der Waals surface area contributed by atoms with E-state index >= 15 is 0 Å². The van der Waals surface area contributed by atoms with E-state index in [1.165, 1.54) is 0 Å². The quantitative estimate of drug-likeness (QED) is 0.710. The maximum Gasteiger partial charge on any atom is 0.241 e. The Kier molecular flexibility index (Phi) is 8.68. The van der Waals surface area contributed by atoms with Gasteiger partial charge < -0.3 is 19.7 Å². The van der Waals surface area contributed by atoms with Crippen LogP contribution in [-0.4, -0.2) is 51.1 Å². The molecule has 0 aliphatic rings. The van der Waals surface area contributed by atoms with Gasteiger partial charge in [0.05, 0.1) is 20.8 Å². The lowest BCUT2D eigenvalue weighted by Crippen LogP contribution is -2.38. The molecule has 1 aromatic rings. The molecule has 0 saturated heterocycles. The lowest BCUT2D eigenvalue weighted by molar-refractivity contribution is -0.131. The summed E-state index contributed by atoms with van der Waals surface area (Å²) in [5.41, 5.74) is 0.981. The fraction of sp³-hybridized carbons (Fsp3) is 0.556. The van der Waals surface area contributed by atoms with Crippen molar-refractivity contribution in [1.29, 1.82) is 0 Å². The largest absolute Gasteiger partial charge is 0.493 e. The number of carbonyl (C=O) groups excluding carboxylic acids is 2. The second-order valence-corrected chi connectivity index (χ2v) is 5.63. The molecule has 0 radical (unpaired) electrons. The number of nitrogens with zero attached hydrogens (tertiary/aromatic N) is 1. The molecule has 1 rings (SSSR count). The number of benzene rings is 1. The lowest BCUT2D eigenvalue weighted by atomic mass is 10.1. The Balaban J connectivity index is 2.40. The molecule has 1 N–H and O–H groups in total. The van der Waals surface area contributed by atoms with E-state index in [2.05, 4.69) is 12.2 Å². The van der Waals surface area contributed by atoms with Crippen LogP contribution in [0.5, 0.6) is 11.5 Å². The third-order valence-electron chi connectivity index (χ3n) is 3.80. The summed E-state index contributed by atoms with van der Waals surface area (Å²) in [7, 11) is 4.92. The van der Waals surface area contributed by atoms with Crippen LogP contribution < -0.4 is 14.8 Å². The Morgan fingerprint density at radius 3 is 2.50 bits per heavy atom. The van der Waals surface area contributed by atoms with Gasteiger partial charge >= 0.3 is 0 Å². The Morgan fingerprint density at radius 1 is 1.17 bits per heavy atom. The van der Waals surface area contributed by atoms with Gasteiger partial charge in [-0.05, 0) is 30.5 Å². The van der Waals surface area contributed by atoms with E-state index in [-0.39, 0.29) is 18.4 Å². The molecule has 2 amide bonds. The van der Waals surface area contributed by atoms with E-state index in [0.29, 0.717) is 24.3 Å².